The van der Waals surface area contributed by atoms with E-state index >= 15 is 0 Å². The highest BCUT2D eigenvalue weighted by Crippen LogP contribution is 2.38. The molecule has 0 bridgehead atoms. The van der Waals surface area contributed by atoms with Gasteiger partial charge in [0.2, 0.25) is 0 Å². The molecule has 0 heterocycles. The minimum absolute atomic E-state index is 0.151. The third kappa shape index (κ3) is 3.39. The van der Waals surface area contributed by atoms with Gasteiger partial charge in [-0.15, -0.1) is 0 Å². The molecule has 1 fully saturated rings. The summed E-state index contributed by atoms with van der Waals surface area (Å²) in [7, 11) is 0. The lowest BCUT2D eigenvalue weighted by Gasteiger charge is -2.44. The molecular weight excluding hydrogens is 253 g/mol. The number of benzene rings is 1. The van der Waals surface area contributed by atoms with Gasteiger partial charge in [0, 0.05) is 12.6 Å². The van der Waals surface area contributed by atoms with Crippen molar-refractivity contribution in [2.24, 2.45) is 11.7 Å². The van der Waals surface area contributed by atoms with Crippen LogP contribution in [0, 0.1) is 11.7 Å². The van der Waals surface area contributed by atoms with Crippen LogP contribution in [0.25, 0.3) is 0 Å². The van der Waals surface area contributed by atoms with Gasteiger partial charge >= 0.3 is 0 Å². The van der Waals surface area contributed by atoms with Crippen molar-refractivity contribution in [3.05, 3.63) is 35.6 Å². The van der Waals surface area contributed by atoms with Gasteiger partial charge < -0.3 is 10.5 Å². The predicted octanol–water partition coefficient (Wildman–Crippen LogP) is 3.68. The summed E-state index contributed by atoms with van der Waals surface area (Å²) in [4.78, 5) is 0. The minimum Gasteiger partial charge on any atom is -0.374 e. The molecule has 0 radical (unpaired) electrons. The first kappa shape index (κ1) is 15.5. The van der Waals surface area contributed by atoms with Crippen LogP contribution < -0.4 is 5.73 Å². The van der Waals surface area contributed by atoms with E-state index in [2.05, 4.69) is 6.92 Å². The fourth-order valence-electron chi connectivity index (χ4n) is 3.49. The molecule has 2 N–H and O–H groups in total. The van der Waals surface area contributed by atoms with Crippen LogP contribution in [0.2, 0.25) is 0 Å². The zero-order valence-corrected chi connectivity index (χ0v) is 12.6. The summed E-state index contributed by atoms with van der Waals surface area (Å²) < 4.78 is 19.9. The highest BCUT2D eigenvalue weighted by atomic mass is 19.1. The Labute approximate surface area is 121 Å². The average molecular weight is 279 g/mol. The fourth-order valence-corrected chi connectivity index (χ4v) is 3.49. The van der Waals surface area contributed by atoms with Crippen molar-refractivity contribution >= 4 is 0 Å². The van der Waals surface area contributed by atoms with Gasteiger partial charge in [-0.2, -0.15) is 0 Å². The Kier molecular flexibility index (Phi) is 5.17. The van der Waals surface area contributed by atoms with Gasteiger partial charge in [-0.25, -0.2) is 4.39 Å². The van der Waals surface area contributed by atoms with Crippen LogP contribution in [-0.4, -0.2) is 18.2 Å². The molecule has 20 heavy (non-hydrogen) atoms. The summed E-state index contributed by atoms with van der Waals surface area (Å²) in [6.45, 7) is 4.93. The van der Waals surface area contributed by atoms with Crippen molar-refractivity contribution in [1.29, 1.82) is 0 Å². The molecule has 112 valence electrons. The molecule has 3 unspecified atom stereocenters. The van der Waals surface area contributed by atoms with Crippen molar-refractivity contribution in [3.8, 4) is 0 Å². The van der Waals surface area contributed by atoms with Crippen molar-refractivity contribution in [1.82, 2.24) is 0 Å². The minimum atomic E-state index is -0.283. The highest BCUT2D eigenvalue weighted by Gasteiger charge is 2.41. The van der Waals surface area contributed by atoms with Gasteiger partial charge in [0.15, 0.2) is 0 Å². The SMILES string of the molecule is CCOC1(C(N)Cc2ccccc2F)CCCC(C)C1. The molecule has 0 amide bonds. The van der Waals surface area contributed by atoms with E-state index in [-0.39, 0.29) is 17.5 Å². The topological polar surface area (TPSA) is 35.2 Å². The van der Waals surface area contributed by atoms with Crippen molar-refractivity contribution < 1.29 is 9.13 Å². The van der Waals surface area contributed by atoms with E-state index in [1.807, 2.05) is 19.1 Å². The van der Waals surface area contributed by atoms with Gasteiger partial charge in [0.05, 0.1) is 5.60 Å². The van der Waals surface area contributed by atoms with Crippen LogP contribution in [-0.2, 0) is 11.2 Å². The van der Waals surface area contributed by atoms with Crippen molar-refractivity contribution in [3.63, 3.8) is 0 Å². The Hall–Kier alpha value is -0.930. The number of ether oxygens (including phenoxy) is 1. The molecule has 1 aliphatic rings. The maximum absolute atomic E-state index is 13.8. The number of hydrogen-bond donors (Lipinski definition) is 1. The van der Waals surface area contributed by atoms with E-state index < -0.39 is 0 Å². The number of nitrogens with two attached hydrogens (primary N) is 1. The van der Waals surface area contributed by atoms with Gasteiger partial charge in [-0.1, -0.05) is 38.0 Å². The van der Waals surface area contributed by atoms with Gasteiger partial charge in [-0.3, -0.25) is 0 Å². The zero-order valence-electron chi connectivity index (χ0n) is 12.6. The third-order valence-corrected chi connectivity index (χ3v) is 4.50. The molecule has 2 rings (SSSR count). The first-order chi connectivity index (χ1) is 9.57. The van der Waals surface area contributed by atoms with Crippen molar-refractivity contribution in [2.75, 3.05) is 6.61 Å². The van der Waals surface area contributed by atoms with Crippen LogP contribution in [0.1, 0.15) is 45.1 Å². The molecule has 3 atom stereocenters. The van der Waals surface area contributed by atoms with E-state index in [0.717, 1.165) is 19.3 Å². The monoisotopic (exact) mass is 279 g/mol. The normalized spacial score (nSPS) is 28.3. The number of halogens is 1. The van der Waals surface area contributed by atoms with Gasteiger partial charge in [0.25, 0.3) is 0 Å². The maximum atomic E-state index is 13.8. The molecule has 0 saturated heterocycles. The van der Waals surface area contributed by atoms with Crippen molar-refractivity contribution in [2.45, 2.75) is 57.6 Å². The molecule has 1 aliphatic carbocycles. The summed E-state index contributed by atoms with van der Waals surface area (Å²) in [6, 6.07) is 6.75. The molecule has 1 saturated carbocycles. The van der Waals surface area contributed by atoms with Crippen LogP contribution in [0.5, 0.6) is 0 Å². The molecule has 1 aromatic rings. The maximum Gasteiger partial charge on any atom is 0.126 e. The Morgan fingerprint density at radius 1 is 1.45 bits per heavy atom. The molecular formula is C17H26FNO. The van der Waals surface area contributed by atoms with Crippen LogP contribution in [0.15, 0.2) is 24.3 Å². The van der Waals surface area contributed by atoms with E-state index in [1.165, 1.54) is 12.5 Å². The van der Waals surface area contributed by atoms with Gasteiger partial charge in [-0.05, 0) is 43.7 Å². The Morgan fingerprint density at radius 3 is 2.85 bits per heavy atom. The second kappa shape index (κ2) is 6.68. The molecule has 0 aliphatic heterocycles. The lowest BCUT2D eigenvalue weighted by atomic mass is 9.73. The van der Waals surface area contributed by atoms with Gasteiger partial charge in [0.1, 0.15) is 5.82 Å². The summed E-state index contributed by atoms with van der Waals surface area (Å²) in [5.74, 6) is 0.459. The van der Waals surface area contributed by atoms with E-state index in [4.69, 9.17) is 10.5 Å². The van der Waals surface area contributed by atoms with Crippen LogP contribution >= 0.6 is 0 Å². The summed E-state index contributed by atoms with van der Waals surface area (Å²) >= 11 is 0. The molecule has 3 heteroatoms. The highest BCUT2D eigenvalue weighted by molar-refractivity contribution is 5.19. The van der Waals surface area contributed by atoms with Crippen LogP contribution in [0.3, 0.4) is 0 Å². The molecule has 2 nitrogen and oxygen atoms in total. The standard InChI is InChI=1S/C17H26FNO/c1-3-20-17(10-6-7-13(2)12-17)16(19)11-14-8-4-5-9-15(14)18/h4-5,8-9,13,16H,3,6-7,10-12,19H2,1-2H3. The first-order valence-electron chi connectivity index (χ1n) is 7.70. The average Bonchev–Trinajstić information content (AvgIpc) is 2.41. The molecule has 0 aromatic heterocycles. The first-order valence-corrected chi connectivity index (χ1v) is 7.70. The van der Waals surface area contributed by atoms with E-state index in [9.17, 15) is 4.39 Å². The number of hydrogen-bond acceptors (Lipinski definition) is 2. The lowest BCUT2D eigenvalue weighted by Crippen LogP contribution is -2.53. The quantitative estimate of drug-likeness (QED) is 0.892. The largest absolute Gasteiger partial charge is 0.374 e. The Balaban J connectivity index is 2.14. The molecule has 0 spiro atoms. The third-order valence-electron chi connectivity index (χ3n) is 4.50. The van der Waals surface area contributed by atoms with E-state index in [0.29, 0.717) is 24.5 Å². The van der Waals surface area contributed by atoms with E-state index in [1.54, 1.807) is 6.07 Å². The second-order valence-corrected chi connectivity index (χ2v) is 6.10. The predicted molar refractivity (Wildman–Crippen MR) is 80.1 cm³/mol. The Bertz CT molecular complexity index is 433. The lowest BCUT2D eigenvalue weighted by molar-refractivity contribution is -0.0926. The summed E-state index contributed by atoms with van der Waals surface area (Å²) in [5, 5.41) is 0. The summed E-state index contributed by atoms with van der Waals surface area (Å²) in [6.07, 6.45) is 4.89. The van der Waals surface area contributed by atoms with Crippen LogP contribution in [0.4, 0.5) is 4.39 Å². The zero-order chi connectivity index (χ0) is 14.6. The second-order valence-electron chi connectivity index (χ2n) is 6.10. The molecule has 1 aromatic carbocycles. The fraction of sp³-hybridized carbons (Fsp3) is 0.647. The summed E-state index contributed by atoms with van der Waals surface area (Å²) in [5.41, 5.74) is 6.85. The smallest absolute Gasteiger partial charge is 0.126 e. The number of rotatable bonds is 5. The Morgan fingerprint density at radius 2 is 2.20 bits per heavy atom.